The molecule has 2 unspecified atom stereocenters. The summed E-state index contributed by atoms with van der Waals surface area (Å²) in [5.41, 5.74) is 0. The SMILES string of the molecule is COC(=O)CCS(=O)(=O)N1CC(O)CC1C(=O)O. The van der Waals surface area contributed by atoms with Gasteiger partial charge in [-0.15, -0.1) is 0 Å². The third kappa shape index (κ3) is 3.40. The summed E-state index contributed by atoms with van der Waals surface area (Å²) in [6.07, 6.45) is -1.50. The lowest BCUT2D eigenvalue weighted by Crippen LogP contribution is -2.42. The van der Waals surface area contributed by atoms with Crippen LogP contribution in [0.15, 0.2) is 0 Å². The fourth-order valence-corrected chi connectivity index (χ4v) is 3.37. The summed E-state index contributed by atoms with van der Waals surface area (Å²) in [6.45, 7) is -0.263. The largest absolute Gasteiger partial charge is 0.480 e. The molecule has 0 bridgehead atoms. The number of nitrogens with zero attached hydrogens (tertiary/aromatic N) is 1. The number of aliphatic hydroxyl groups is 1. The minimum atomic E-state index is -3.90. The predicted octanol–water partition coefficient (Wildman–Crippen LogP) is -1.60. The summed E-state index contributed by atoms with van der Waals surface area (Å²) < 4.78 is 28.8. The van der Waals surface area contributed by atoms with Crippen LogP contribution in [0.25, 0.3) is 0 Å². The fourth-order valence-electron chi connectivity index (χ4n) is 1.75. The number of methoxy groups -OCH3 is 1. The van der Waals surface area contributed by atoms with Crippen LogP contribution >= 0.6 is 0 Å². The molecule has 1 saturated heterocycles. The van der Waals surface area contributed by atoms with E-state index in [-0.39, 0.29) is 19.4 Å². The van der Waals surface area contributed by atoms with E-state index in [0.29, 0.717) is 0 Å². The second-order valence-corrected chi connectivity index (χ2v) is 6.00. The van der Waals surface area contributed by atoms with Gasteiger partial charge in [0.2, 0.25) is 10.0 Å². The van der Waals surface area contributed by atoms with Crippen LogP contribution in [0.3, 0.4) is 0 Å². The first-order chi connectivity index (χ1) is 8.27. The Balaban J connectivity index is 2.77. The number of β-amino-alcohol motifs (C(OH)–C–C–N with tert-alkyl or cyclic N) is 1. The van der Waals surface area contributed by atoms with E-state index in [9.17, 15) is 23.1 Å². The maximum Gasteiger partial charge on any atom is 0.322 e. The van der Waals surface area contributed by atoms with Gasteiger partial charge in [-0.05, 0) is 0 Å². The van der Waals surface area contributed by atoms with Gasteiger partial charge in [0.15, 0.2) is 0 Å². The minimum Gasteiger partial charge on any atom is -0.480 e. The van der Waals surface area contributed by atoms with E-state index < -0.39 is 39.9 Å². The molecule has 8 nitrogen and oxygen atoms in total. The maximum atomic E-state index is 11.9. The van der Waals surface area contributed by atoms with Crippen LogP contribution in [0.5, 0.6) is 0 Å². The van der Waals surface area contributed by atoms with Gasteiger partial charge in [0, 0.05) is 13.0 Å². The van der Waals surface area contributed by atoms with E-state index in [0.717, 1.165) is 11.4 Å². The quantitative estimate of drug-likeness (QED) is 0.582. The molecule has 1 aliphatic rings. The van der Waals surface area contributed by atoms with Crippen molar-refractivity contribution in [2.24, 2.45) is 0 Å². The minimum absolute atomic E-state index is 0.146. The van der Waals surface area contributed by atoms with Crippen molar-refractivity contribution in [3.05, 3.63) is 0 Å². The molecule has 1 rings (SSSR count). The molecular formula is C9H15NO7S. The molecule has 2 N–H and O–H groups in total. The lowest BCUT2D eigenvalue weighted by molar-refractivity contribution is -0.141. The van der Waals surface area contributed by atoms with Crippen molar-refractivity contribution in [1.82, 2.24) is 4.31 Å². The average Bonchev–Trinajstić information content (AvgIpc) is 2.69. The highest BCUT2D eigenvalue weighted by Crippen LogP contribution is 2.22. The second-order valence-electron chi connectivity index (χ2n) is 3.96. The number of carbonyl (C=O) groups excluding carboxylic acids is 1. The van der Waals surface area contributed by atoms with Gasteiger partial charge in [-0.1, -0.05) is 0 Å². The number of carbonyl (C=O) groups is 2. The molecule has 0 saturated carbocycles. The van der Waals surface area contributed by atoms with E-state index in [1.807, 2.05) is 0 Å². The highest BCUT2D eigenvalue weighted by Gasteiger charge is 2.42. The first kappa shape index (κ1) is 14.9. The Morgan fingerprint density at radius 3 is 2.56 bits per heavy atom. The van der Waals surface area contributed by atoms with Crippen LogP contribution in [-0.4, -0.2) is 66.4 Å². The lowest BCUT2D eigenvalue weighted by Gasteiger charge is -2.20. The number of sulfonamides is 1. The third-order valence-corrected chi connectivity index (χ3v) is 4.51. The van der Waals surface area contributed by atoms with Crippen molar-refractivity contribution < 1.29 is 33.0 Å². The van der Waals surface area contributed by atoms with Crippen LogP contribution in [0.4, 0.5) is 0 Å². The molecule has 9 heteroatoms. The van der Waals surface area contributed by atoms with Gasteiger partial charge in [0.1, 0.15) is 6.04 Å². The number of carboxylic acid groups (broad SMARTS) is 1. The first-order valence-corrected chi connectivity index (χ1v) is 6.86. The number of hydrogen-bond acceptors (Lipinski definition) is 6. The Morgan fingerprint density at radius 2 is 2.06 bits per heavy atom. The highest BCUT2D eigenvalue weighted by atomic mass is 32.2. The van der Waals surface area contributed by atoms with Gasteiger partial charge in [-0.25, -0.2) is 8.42 Å². The lowest BCUT2D eigenvalue weighted by atomic mass is 10.2. The molecule has 1 aliphatic heterocycles. The molecule has 0 aromatic heterocycles. The summed E-state index contributed by atoms with van der Waals surface area (Å²) in [7, 11) is -2.77. The zero-order chi connectivity index (χ0) is 13.9. The van der Waals surface area contributed by atoms with Crippen LogP contribution in [0.2, 0.25) is 0 Å². The predicted molar refractivity (Wildman–Crippen MR) is 59.2 cm³/mol. The maximum absolute atomic E-state index is 11.9. The van der Waals surface area contributed by atoms with Crippen molar-refractivity contribution in [2.45, 2.75) is 25.0 Å². The normalized spacial score (nSPS) is 25.0. The van der Waals surface area contributed by atoms with E-state index in [1.165, 1.54) is 0 Å². The number of rotatable bonds is 5. The van der Waals surface area contributed by atoms with Gasteiger partial charge in [-0.2, -0.15) is 4.31 Å². The number of ether oxygens (including phenoxy) is 1. The summed E-state index contributed by atoms with van der Waals surface area (Å²) in [5, 5.41) is 18.2. The fraction of sp³-hybridized carbons (Fsp3) is 0.778. The summed E-state index contributed by atoms with van der Waals surface area (Å²) in [5.74, 6) is -2.53. The highest BCUT2D eigenvalue weighted by molar-refractivity contribution is 7.89. The van der Waals surface area contributed by atoms with Gasteiger partial charge in [0.05, 0.1) is 25.4 Å². The summed E-state index contributed by atoms with van der Waals surface area (Å²) in [6, 6.07) is -1.28. The van der Waals surface area contributed by atoms with E-state index in [1.54, 1.807) is 0 Å². The van der Waals surface area contributed by atoms with E-state index >= 15 is 0 Å². The van der Waals surface area contributed by atoms with E-state index in [2.05, 4.69) is 4.74 Å². The van der Waals surface area contributed by atoms with Crippen molar-refractivity contribution in [3.63, 3.8) is 0 Å². The summed E-state index contributed by atoms with van der Waals surface area (Å²) in [4.78, 5) is 21.8. The molecule has 0 aliphatic carbocycles. The second kappa shape index (κ2) is 5.63. The van der Waals surface area contributed by atoms with Crippen LogP contribution in [-0.2, 0) is 24.3 Å². The monoisotopic (exact) mass is 281 g/mol. The topological polar surface area (TPSA) is 121 Å². The molecule has 0 radical (unpaired) electrons. The summed E-state index contributed by atoms with van der Waals surface area (Å²) >= 11 is 0. The van der Waals surface area contributed by atoms with Crippen molar-refractivity contribution in [1.29, 1.82) is 0 Å². The first-order valence-electron chi connectivity index (χ1n) is 5.25. The number of hydrogen-bond donors (Lipinski definition) is 2. The number of aliphatic hydroxyl groups excluding tert-OH is 1. The third-order valence-electron chi connectivity index (χ3n) is 2.67. The molecule has 0 aromatic carbocycles. The standard InChI is InChI=1S/C9H15NO7S/c1-17-8(12)2-3-18(15,16)10-5-6(11)4-7(10)9(13)14/h6-7,11H,2-5H2,1H3,(H,13,14). The zero-order valence-corrected chi connectivity index (χ0v) is 10.6. The van der Waals surface area contributed by atoms with Crippen molar-refractivity contribution >= 4 is 22.0 Å². The molecule has 0 spiro atoms. The zero-order valence-electron chi connectivity index (χ0n) is 9.77. The van der Waals surface area contributed by atoms with Crippen molar-refractivity contribution in [3.8, 4) is 0 Å². The molecule has 18 heavy (non-hydrogen) atoms. The Morgan fingerprint density at radius 1 is 1.44 bits per heavy atom. The Labute approximate surface area is 104 Å². The van der Waals surface area contributed by atoms with Crippen molar-refractivity contribution in [2.75, 3.05) is 19.4 Å². The van der Waals surface area contributed by atoms with Crippen LogP contribution in [0.1, 0.15) is 12.8 Å². The Kier molecular flexibility index (Phi) is 4.65. The Bertz CT molecular complexity index is 432. The Hall–Kier alpha value is -1.19. The van der Waals surface area contributed by atoms with Gasteiger partial charge in [0.25, 0.3) is 0 Å². The smallest absolute Gasteiger partial charge is 0.322 e. The number of carboxylic acids is 1. The number of esters is 1. The van der Waals surface area contributed by atoms with Crippen LogP contribution in [0, 0.1) is 0 Å². The number of aliphatic carboxylic acids is 1. The molecular weight excluding hydrogens is 266 g/mol. The van der Waals surface area contributed by atoms with Gasteiger partial charge >= 0.3 is 11.9 Å². The molecule has 2 atom stereocenters. The van der Waals surface area contributed by atoms with Gasteiger partial charge < -0.3 is 14.9 Å². The molecule has 104 valence electrons. The van der Waals surface area contributed by atoms with Crippen LogP contribution < -0.4 is 0 Å². The molecule has 0 aromatic rings. The average molecular weight is 281 g/mol. The van der Waals surface area contributed by atoms with Gasteiger partial charge in [-0.3, -0.25) is 9.59 Å². The molecule has 1 heterocycles. The molecule has 1 fully saturated rings. The molecule has 0 amide bonds. The van der Waals surface area contributed by atoms with E-state index in [4.69, 9.17) is 5.11 Å².